The molecule has 0 aliphatic heterocycles. The van der Waals surface area contributed by atoms with Gasteiger partial charge in [-0.05, 0) is 48.6 Å². The number of pyridine rings is 1. The fraction of sp³-hybridized carbons (Fsp3) is 0.200. The largest absolute Gasteiger partial charge is 0.399 e. The highest BCUT2D eigenvalue weighted by molar-refractivity contribution is 7.99. The molecule has 1 aromatic carbocycles. The van der Waals surface area contributed by atoms with E-state index in [0.717, 1.165) is 22.9 Å². The second-order valence-corrected chi connectivity index (χ2v) is 5.99. The summed E-state index contributed by atoms with van der Waals surface area (Å²) in [7, 11) is 0. The number of thioether (sulfide) groups is 1. The van der Waals surface area contributed by atoms with Gasteiger partial charge in [0, 0.05) is 24.0 Å². The quantitative estimate of drug-likeness (QED) is 0.482. The van der Waals surface area contributed by atoms with Gasteiger partial charge in [0.15, 0.2) is 0 Å². The number of hydrogen-bond donors (Lipinski definition) is 2. The highest BCUT2D eigenvalue weighted by Crippen LogP contribution is 2.18. The van der Waals surface area contributed by atoms with Gasteiger partial charge in [-0.1, -0.05) is 11.6 Å². The second kappa shape index (κ2) is 7.90. The number of hydrogen-bond acceptors (Lipinski definition) is 4. The summed E-state index contributed by atoms with van der Waals surface area (Å²) >= 11 is 7.38. The summed E-state index contributed by atoms with van der Waals surface area (Å²) in [6, 6.07) is 10.8. The van der Waals surface area contributed by atoms with Crippen LogP contribution in [0.5, 0.6) is 0 Å². The van der Waals surface area contributed by atoms with Crippen molar-refractivity contribution in [2.45, 2.75) is 17.9 Å². The summed E-state index contributed by atoms with van der Waals surface area (Å²) in [5.74, 6) is 0.841. The van der Waals surface area contributed by atoms with E-state index >= 15 is 0 Å². The number of benzene rings is 1. The van der Waals surface area contributed by atoms with Crippen molar-refractivity contribution in [3.05, 3.63) is 47.6 Å². The van der Waals surface area contributed by atoms with Crippen LogP contribution in [0.2, 0.25) is 5.02 Å². The Morgan fingerprint density at radius 1 is 1.24 bits per heavy atom. The molecule has 1 heterocycles. The SMILES string of the molecule is Nc1ccc(NC(=O)CCCSc2ccc(Cl)cn2)cc1. The predicted octanol–water partition coefficient (Wildman–Crippen LogP) is 3.83. The molecule has 0 saturated heterocycles. The van der Waals surface area contributed by atoms with E-state index in [2.05, 4.69) is 10.3 Å². The Labute approximate surface area is 133 Å². The lowest BCUT2D eigenvalue weighted by molar-refractivity contribution is -0.116. The molecule has 0 atom stereocenters. The Balaban J connectivity index is 1.67. The zero-order valence-corrected chi connectivity index (χ0v) is 13.0. The van der Waals surface area contributed by atoms with Crippen molar-refractivity contribution >= 4 is 40.6 Å². The standard InChI is InChI=1S/C15H16ClN3OS/c16-11-3-8-15(18-10-11)21-9-1-2-14(20)19-13-6-4-12(17)5-7-13/h3-8,10H,1-2,9,17H2,(H,19,20). The van der Waals surface area contributed by atoms with Gasteiger partial charge >= 0.3 is 0 Å². The summed E-state index contributed by atoms with van der Waals surface area (Å²) in [6.45, 7) is 0. The van der Waals surface area contributed by atoms with Crippen molar-refractivity contribution < 1.29 is 4.79 Å². The number of nitrogens with zero attached hydrogens (tertiary/aromatic N) is 1. The maximum absolute atomic E-state index is 11.8. The van der Waals surface area contributed by atoms with E-state index in [9.17, 15) is 4.79 Å². The molecular weight excluding hydrogens is 306 g/mol. The third-order valence-electron chi connectivity index (χ3n) is 2.69. The Hall–Kier alpha value is -1.72. The lowest BCUT2D eigenvalue weighted by Crippen LogP contribution is -2.11. The van der Waals surface area contributed by atoms with Crippen LogP contribution in [0.25, 0.3) is 0 Å². The molecule has 0 aliphatic carbocycles. The van der Waals surface area contributed by atoms with Crippen LogP contribution in [-0.4, -0.2) is 16.6 Å². The summed E-state index contributed by atoms with van der Waals surface area (Å²) in [5, 5.41) is 4.38. The molecule has 1 amide bonds. The topological polar surface area (TPSA) is 68.0 Å². The van der Waals surface area contributed by atoms with Crippen molar-refractivity contribution in [1.29, 1.82) is 0 Å². The zero-order valence-electron chi connectivity index (χ0n) is 11.4. The lowest BCUT2D eigenvalue weighted by atomic mass is 10.2. The molecule has 4 nitrogen and oxygen atoms in total. The summed E-state index contributed by atoms with van der Waals surface area (Å²) in [6.07, 6.45) is 2.89. The minimum Gasteiger partial charge on any atom is -0.399 e. The fourth-order valence-electron chi connectivity index (χ4n) is 1.65. The molecule has 0 radical (unpaired) electrons. The van der Waals surface area contributed by atoms with Crippen molar-refractivity contribution in [3.8, 4) is 0 Å². The monoisotopic (exact) mass is 321 g/mol. The van der Waals surface area contributed by atoms with Crippen LogP contribution in [0, 0.1) is 0 Å². The number of carbonyl (C=O) groups is 1. The van der Waals surface area contributed by atoms with Gasteiger partial charge in [0.1, 0.15) is 0 Å². The summed E-state index contributed by atoms with van der Waals surface area (Å²) in [4.78, 5) is 16.0. The molecule has 0 saturated carbocycles. The lowest BCUT2D eigenvalue weighted by Gasteiger charge is -2.05. The van der Waals surface area contributed by atoms with Gasteiger partial charge in [-0.2, -0.15) is 0 Å². The number of carbonyl (C=O) groups excluding carboxylic acids is 1. The maximum Gasteiger partial charge on any atom is 0.224 e. The van der Waals surface area contributed by atoms with Gasteiger partial charge in [-0.3, -0.25) is 4.79 Å². The van der Waals surface area contributed by atoms with Crippen LogP contribution in [0.15, 0.2) is 47.6 Å². The molecule has 21 heavy (non-hydrogen) atoms. The molecule has 1 aromatic heterocycles. The highest BCUT2D eigenvalue weighted by atomic mass is 35.5. The minimum atomic E-state index is 0.00411. The minimum absolute atomic E-state index is 0.00411. The first-order valence-corrected chi connectivity index (χ1v) is 7.89. The van der Waals surface area contributed by atoms with Crippen molar-refractivity contribution in [1.82, 2.24) is 4.98 Å². The van der Waals surface area contributed by atoms with Crippen LogP contribution in [-0.2, 0) is 4.79 Å². The van der Waals surface area contributed by atoms with Crippen LogP contribution in [0.4, 0.5) is 11.4 Å². The molecule has 0 aliphatic rings. The molecule has 3 N–H and O–H groups in total. The average Bonchev–Trinajstić information content (AvgIpc) is 2.48. The molecule has 0 unspecified atom stereocenters. The smallest absolute Gasteiger partial charge is 0.224 e. The number of nitrogens with two attached hydrogens (primary N) is 1. The third kappa shape index (κ3) is 5.65. The Morgan fingerprint density at radius 3 is 2.67 bits per heavy atom. The van der Waals surface area contributed by atoms with Gasteiger partial charge in [0.25, 0.3) is 0 Å². The predicted molar refractivity (Wildman–Crippen MR) is 88.7 cm³/mol. The number of anilines is 2. The molecule has 0 spiro atoms. The van der Waals surface area contributed by atoms with E-state index in [0.29, 0.717) is 17.1 Å². The molecule has 2 rings (SSSR count). The zero-order chi connectivity index (χ0) is 15.1. The average molecular weight is 322 g/mol. The van der Waals surface area contributed by atoms with E-state index in [1.54, 1.807) is 42.2 Å². The summed E-state index contributed by atoms with van der Waals surface area (Å²) in [5.41, 5.74) is 7.04. The number of aromatic nitrogens is 1. The maximum atomic E-state index is 11.8. The van der Waals surface area contributed by atoms with Crippen molar-refractivity contribution in [2.24, 2.45) is 0 Å². The Bertz CT molecular complexity index is 587. The highest BCUT2D eigenvalue weighted by Gasteiger charge is 2.03. The molecular formula is C15H16ClN3OS. The van der Waals surface area contributed by atoms with Crippen molar-refractivity contribution in [2.75, 3.05) is 16.8 Å². The van der Waals surface area contributed by atoms with E-state index in [-0.39, 0.29) is 5.91 Å². The fourth-order valence-corrected chi connectivity index (χ4v) is 2.55. The van der Waals surface area contributed by atoms with Gasteiger partial charge < -0.3 is 11.1 Å². The Kier molecular flexibility index (Phi) is 5.90. The van der Waals surface area contributed by atoms with Crippen LogP contribution in [0.1, 0.15) is 12.8 Å². The van der Waals surface area contributed by atoms with Gasteiger partial charge in [0.2, 0.25) is 5.91 Å². The normalized spacial score (nSPS) is 10.3. The molecule has 6 heteroatoms. The first-order chi connectivity index (χ1) is 10.1. The molecule has 0 fully saturated rings. The van der Waals surface area contributed by atoms with Crippen LogP contribution < -0.4 is 11.1 Å². The molecule has 110 valence electrons. The van der Waals surface area contributed by atoms with Crippen LogP contribution in [0.3, 0.4) is 0 Å². The number of rotatable bonds is 6. The number of nitrogen functional groups attached to an aromatic ring is 1. The van der Waals surface area contributed by atoms with Gasteiger partial charge in [-0.15, -0.1) is 11.8 Å². The van der Waals surface area contributed by atoms with E-state index < -0.39 is 0 Å². The second-order valence-electron chi connectivity index (χ2n) is 4.44. The number of nitrogens with one attached hydrogen (secondary N) is 1. The molecule has 2 aromatic rings. The third-order valence-corrected chi connectivity index (χ3v) is 3.95. The molecule has 0 bridgehead atoms. The summed E-state index contributed by atoms with van der Waals surface area (Å²) < 4.78 is 0. The van der Waals surface area contributed by atoms with E-state index in [1.807, 2.05) is 12.1 Å². The number of amides is 1. The van der Waals surface area contributed by atoms with Crippen LogP contribution >= 0.6 is 23.4 Å². The van der Waals surface area contributed by atoms with Gasteiger partial charge in [-0.25, -0.2) is 4.98 Å². The van der Waals surface area contributed by atoms with Gasteiger partial charge in [0.05, 0.1) is 10.0 Å². The first kappa shape index (κ1) is 15.7. The van der Waals surface area contributed by atoms with E-state index in [1.165, 1.54) is 0 Å². The van der Waals surface area contributed by atoms with E-state index in [4.69, 9.17) is 17.3 Å². The first-order valence-electron chi connectivity index (χ1n) is 6.53. The number of halogens is 1. The Morgan fingerprint density at radius 2 is 2.00 bits per heavy atom. The van der Waals surface area contributed by atoms with Crippen molar-refractivity contribution in [3.63, 3.8) is 0 Å².